The maximum atomic E-state index is 13.5. The minimum Gasteiger partial charge on any atom is -0.504 e. The Balaban J connectivity index is 1.40. The van der Waals surface area contributed by atoms with Crippen LogP contribution in [0.3, 0.4) is 0 Å². The number of likely N-dealkylation sites (N-methyl/N-ethyl adjacent to an activating group) is 2. The Morgan fingerprint density at radius 1 is 1.19 bits per heavy atom. The lowest BCUT2D eigenvalue weighted by atomic mass is 9.48. The smallest absolute Gasteiger partial charge is 0.298 e. The zero-order valence-electron chi connectivity index (χ0n) is 21.0. The first-order chi connectivity index (χ1) is 17.1. The van der Waals surface area contributed by atoms with Crippen molar-refractivity contribution in [1.29, 1.82) is 0 Å². The van der Waals surface area contributed by atoms with Crippen LogP contribution >= 0.6 is 0 Å². The van der Waals surface area contributed by atoms with Crippen LogP contribution in [-0.2, 0) is 10.2 Å². The van der Waals surface area contributed by atoms with Crippen LogP contribution in [0.2, 0.25) is 0 Å². The van der Waals surface area contributed by atoms with Crippen LogP contribution in [0.4, 0.5) is 0 Å². The summed E-state index contributed by atoms with van der Waals surface area (Å²) in [4.78, 5) is 30.3. The fraction of sp³-hybridized carbons (Fsp3) is 0.448. The minimum absolute atomic E-state index is 0.0488. The molecule has 5 atom stereocenters. The number of hydrogen-bond acceptors (Lipinski definition) is 6. The number of piperidine rings is 1. The number of aromatic hydroxyl groups is 1. The van der Waals surface area contributed by atoms with E-state index in [9.17, 15) is 19.8 Å². The number of aryl methyl sites for hydroxylation is 2. The molecule has 2 fully saturated rings. The summed E-state index contributed by atoms with van der Waals surface area (Å²) >= 11 is 0. The highest BCUT2D eigenvalue weighted by Crippen LogP contribution is 2.65. The van der Waals surface area contributed by atoms with Crippen LogP contribution in [0.15, 0.2) is 30.3 Å². The summed E-state index contributed by atoms with van der Waals surface area (Å²) < 4.78 is 6.41. The average molecular weight is 487 g/mol. The Bertz CT molecular complexity index is 1390. The van der Waals surface area contributed by atoms with Gasteiger partial charge in [0, 0.05) is 29.7 Å². The molecule has 1 amide bonds. The van der Waals surface area contributed by atoms with Gasteiger partial charge in [-0.3, -0.25) is 14.5 Å². The lowest BCUT2D eigenvalue weighted by Crippen LogP contribution is -2.79. The number of likely N-dealkylation sites (tertiary alicyclic amines) is 1. The fourth-order valence-corrected chi connectivity index (χ4v) is 7.18. The highest BCUT2D eigenvalue weighted by atomic mass is 16.5. The molecule has 0 unspecified atom stereocenters. The zero-order valence-corrected chi connectivity index (χ0v) is 21.0. The van der Waals surface area contributed by atoms with Crippen molar-refractivity contribution in [3.05, 3.63) is 58.1 Å². The Hall–Kier alpha value is -3.34. The number of nitrogens with zero attached hydrogens (tertiary/aromatic N) is 2. The molecular formula is C29H30N2O5. The number of amides is 1. The number of ether oxygens (including phenoxy) is 1. The van der Waals surface area contributed by atoms with E-state index >= 15 is 0 Å². The van der Waals surface area contributed by atoms with Gasteiger partial charge < -0.3 is 19.8 Å². The SMILES string of the molecule is Cc1ccc(C#CC(=O)N(C)[C@@H]2CC[C@@]3(O)[C@H]4C(=O)c5ccc(O)c6c5[C@@]3(CCN4C)[C@H]2O6)cc1C. The largest absolute Gasteiger partial charge is 0.504 e. The van der Waals surface area contributed by atoms with Crippen molar-refractivity contribution >= 4 is 11.7 Å². The number of benzene rings is 2. The molecule has 2 aliphatic heterocycles. The van der Waals surface area contributed by atoms with Gasteiger partial charge in [0.1, 0.15) is 17.7 Å². The summed E-state index contributed by atoms with van der Waals surface area (Å²) in [5.74, 6) is 5.50. The first-order valence-electron chi connectivity index (χ1n) is 12.5. The van der Waals surface area contributed by atoms with Gasteiger partial charge in [0.15, 0.2) is 17.3 Å². The molecule has 4 aliphatic rings. The third kappa shape index (κ3) is 2.77. The Morgan fingerprint density at radius 3 is 2.72 bits per heavy atom. The number of phenolic OH excluding ortho intramolecular Hbond substituents is 1. The number of carbonyl (C=O) groups excluding carboxylic acids is 2. The molecule has 36 heavy (non-hydrogen) atoms. The maximum absolute atomic E-state index is 13.5. The topological polar surface area (TPSA) is 90.3 Å². The summed E-state index contributed by atoms with van der Waals surface area (Å²) in [6.45, 7) is 4.65. The summed E-state index contributed by atoms with van der Waals surface area (Å²) in [5.41, 5.74) is 1.93. The highest BCUT2D eigenvalue weighted by molar-refractivity contribution is 6.06. The second kappa shape index (κ2) is 7.58. The van der Waals surface area contributed by atoms with Crippen molar-refractivity contribution in [2.45, 2.75) is 62.3 Å². The number of hydrogen-bond donors (Lipinski definition) is 2. The van der Waals surface area contributed by atoms with Crippen LogP contribution in [0.1, 0.15) is 51.9 Å². The number of ketones is 1. The monoisotopic (exact) mass is 486 g/mol. The van der Waals surface area contributed by atoms with Gasteiger partial charge in [-0.15, -0.1) is 0 Å². The average Bonchev–Trinajstić information content (AvgIpc) is 3.20. The molecule has 1 spiro atoms. The second-order valence-corrected chi connectivity index (χ2v) is 10.8. The van der Waals surface area contributed by atoms with Gasteiger partial charge in [-0.05, 0) is 82.1 Å². The summed E-state index contributed by atoms with van der Waals surface area (Å²) in [5, 5.41) is 22.9. The van der Waals surface area contributed by atoms with E-state index in [1.807, 2.05) is 44.0 Å². The van der Waals surface area contributed by atoms with E-state index < -0.39 is 23.2 Å². The van der Waals surface area contributed by atoms with Crippen molar-refractivity contribution in [3.63, 3.8) is 0 Å². The van der Waals surface area contributed by atoms with E-state index in [2.05, 4.69) is 11.8 Å². The van der Waals surface area contributed by atoms with Crippen molar-refractivity contribution in [1.82, 2.24) is 9.80 Å². The summed E-state index contributed by atoms with van der Waals surface area (Å²) in [7, 11) is 3.59. The quantitative estimate of drug-likeness (QED) is 0.602. The molecule has 0 aromatic heterocycles. The standard InChI is InChI=1S/C29H30N2O5/c1-16-5-6-18(15-17(16)2)7-10-22(33)31(4)20-11-12-29(35)26-24(34)19-8-9-21(32)25-23(19)28(29,27(20)36-25)13-14-30(26)3/h5-6,8-9,15,20,26-27,32,35H,11-14H2,1-4H3/t20-,26-,27+,28+,29-/m1/s1. The first kappa shape index (κ1) is 23.1. The van der Waals surface area contributed by atoms with Gasteiger partial charge in [0.25, 0.3) is 5.91 Å². The molecule has 2 heterocycles. The molecule has 2 aromatic rings. The van der Waals surface area contributed by atoms with Crippen LogP contribution in [0, 0.1) is 25.7 Å². The van der Waals surface area contributed by atoms with E-state index in [1.165, 1.54) is 11.6 Å². The molecule has 1 saturated heterocycles. The lowest BCUT2D eigenvalue weighted by Gasteiger charge is -2.63. The minimum atomic E-state index is -1.35. The number of rotatable bonds is 1. The number of carbonyl (C=O) groups is 2. The van der Waals surface area contributed by atoms with Gasteiger partial charge in [0.05, 0.1) is 11.5 Å². The highest BCUT2D eigenvalue weighted by Gasteiger charge is 2.75. The number of Topliss-reactive ketones (excluding diaryl/α,β-unsaturated/α-hetero) is 1. The lowest BCUT2D eigenvalue weighted by molar-refractivity contribution is -0.183. The number of aliphatic hydroxyl groups is 1. The Morgan fingerprint density at radius 2 is 1.97 bits per heavy atom. The molecule has 1 saturated carbocycles. The van der Waals surface area contributed by atoms with E-state index in [0.29, 0.717) is 36.9 Å². The molecule has 2 bridgehead atoms. The van der Waals surface area contributed by atoms with Crippen LogP contribution in [-0.4, -0.2) is 76.1 Å². The normalized spacial score (nSPS) is 31.7. The first-order valence-corrected chi connectivity index (χ1v) is 12.5. The summed E-state index contributed by atoms with van der Waals surface area (Å²) in [6, 6.07) is 7.93. The predicted molar refractivity (Wildman–Crippen MR) is 133 cm³/mol. The van der Waals surface area contributed by atoms with E-state index in [4.69, 9.17) is 4.74 Å². The van der Waals surface area contributed by atoms with E-state index in [-0.39, 0.29) is 29.2 Å². The second-order valence-electron chi connectivity index (χ2n) is 10.8. The Labute approximate surface area is 210 Å². The van der Waals surface area contributed by atoms with Crippen LogP contribution in [0.25, 0.3) is 0 Å². The van der Waals surface area contributed by atoms with Gasteiger partial charge in [0.2, 0.25) is 0 Å². The van der Waals surface area contributed by atoms with Crippen LogP contribution in [0.5, 0.6) is 11.5 Å². The van der Waals surface area contributed by atoms with Gasteiger partial charge in [-0.1, -0.05) is 12.0 Å². The molecule has 0 radical (unpaired) electrons. The molecule has 2 N–H and O–H groups in total. The van der Waals surface area contributed by atoms with Crippen molar-refractivity contribution in [2.24, 2.45) is 0 Å². The molecule has 2 aliphatic carbocycles. The fourth-order valence-electron chi connectivity index (χ4n) is 7.18. The molecule has 7 nitrogen and oxygen atoms in total. The summed E-state index contributed by atoms with van der Waals surface area (Å²) in [6.07, 6.45) is 0.762. The molecule has 2 aromatic carbocycles. The van der Waals surface area contributed by atoms with Crippen LogP contribution < -0.4 is 4.74 Å². The maximum Gasteiger partial charge on any atom is 0.298 e. The zero-order chi connectivity index (χ0) is 25.6. The van der Waals surface area contributed by atoms with E-state index in [1.54, 1.807) is 18.0 Å². The van der Waals surface area contributed by atoms with Crippen molar-refractivity contribution in [3.8, 4) is 23.3 Å². The van der Waals surface area contributed by atoms with Gasteiger partial charge in [-0.2, -0.15) is 0 Å². The molecule has 7 heteroatoms. The number of phenols is 1. The Kier molecular flexibility index (Phi) is 4.86. The van der Waals surface area contributed by atoms with E-state index in [0.717, 1.165) is 11.1 Å². The predicted octanol–water partition coefficient (Wildman–Crippen LogP) is 2.31. The molecule has 186 valence electrons. The van der Waals surface area contributed by atoms with Crippen molar-refractivity contribution < 1.29 is 24.5 Å². The van der Waals surface area contributed by atoms with Gasteiger partial charge in [-0.25, -0.2) is 0 Å². The van der Waals surface area contributed by atoms with Crippen molar-refractivity contribution in [2.75, 3.05) is 20.6 Å². The third-order valence-electron chi connectivity index (χ3n) is 9.16. The molecular weight excluding hydrogens is 456 g/mol. The molecule has 6 rings (SSSR count). The third-order valence-corrected chi connectivity index (χ3v) is 9.16. The van der Waals surface area contributed by atoms with Gasteiger partial charge >= 0.3 is 0 Å².